The number of carbonyl (C=O) groups is 1. The first kappa shape index (κ1) is 50.1. The molecule has 1 N–H and O–H groups in total. The SMILES string of the molecule is CC(C)(C)/C(O)=C/C(=O)C(C)(C)C(F)(F)F.Cc1cc(C2CCC(C)(C)CC2)cc(C)c1-c1sc2c(-c3[c-]c4ccccc4c(C(C)(C)C)c3)ncc(C(F)(F)F)c2c1C.[Ir]. The van der Waals surface area contributed by atoms with Crippen LogP contribution in [-0.4, -0.2) is 22.1 Å². The first-order valence-electron chi connectivity index (χ1n) is 20.4. The van der Waals surface area contributed by atoms with Crippen LogP contribution in [0.1, 0.15) is 134 Å². The number of halogens is 6. The van der Waals surface area contributed by atoms with E-state index < -0.39 is 34.5 Å². The van der Waals surface area contributed by atoms with E-state index in [0.717, 1.165) is 63.5 Å². The van der Waals surface area contributed by atoms with Crippen molar-refractivity contribution in [3.05, 3.63) is 99.9 Å². The Kier molecular flexibility index (Phi) is 14.4. The summed E-state index contributed by atoms with van der Waals surface area (Å²) >= 11 is 1.43. The van der Waals surface area contributed by atoms with Crippen LogP contribution in [0.15, 0.2) is 60.5 Å². The molecule has 6 rings (SSSR count). The normalized spacial score (nSPS) is 15.7. The minimum atomic E-state index is -4.63. The number of ketones is 1. The first-order valence-corrected chi connectivity index (χ1v) is 21.3. The molecule has 1 saturated carbocycles. The maximum absolute atomic E-state index is 14.5. The molecule has 0 amide bonds. The molecular formula is C50H58F6IrNO2S-. The molecule has 5 aromatic rings. The maximum atomic E-state index is 14.5. The summed E-state index contributed by atoms with van der Waals surface area (Å²) in [6.45, 7) is 23.6. The Morgan fingerprint density at radius 3 is 1.93 bits per heavy atom. The molecule has 1 fully saturated rings. The maximum Gasteiger partial charge on any atom is 0.418 e. The number of allylic oxidation sites excluding steroid dienone is 2. The average Bonchev–Trinajstić information content (AvgIpc) is 3.45. The van der Waals surface area contributed by atoms with Gasteiger partial charge in [0, 0.05) is 58.5 Å². The van der Waals surface area contributed by atoms with E-state index in [1.165, 1.54) is 42.6 Å². The second kappa shape index (κ2) is 17.6. The molecule has 0 aliphatic heterocycles. The van der Waals surface area contributed by atoms with Gasteiger partial charge in [0.1, 0.15) is 11.2 Å². The van der Waals surface area contributed by atoms with E-state index in [1.807, 2.05) is 25.1 Å². The van der Waals surface area contributed by atoms with E-state index in [4.69, 9.17) is 0 Å². The number of hydrogen-bond acceptors (Lipinski definition) is 4. The van der Waals surface area contributed by atoms with E-state index in [1.54, 1.807) is 20.8 Å². The van der Waals surface area contributed by atoms with Crippen molar-refractivity contribution in [3.63, 3.8) is 0 Å². The van der Waals surface area contributed by atoms with E-state index in [9.17, 15) is 36.2 Å². The molecule has 0 unspecified atom stereocenters. The van der Waals surface area contributed by atoms with Gasteiger partial charge in [0.25, 0.3) is 0 Å². The van der Waals surface area contributed by atoms with E-state index in [0.29, 0.717) is 33.4 Å². The number of nitrogens with zero attached hydrogens (tertiary/aromatic N) is 1. The van der Waals surface area contributed by atoms with Gasteiger partial charge >= 0.3 is 12.4 Å². The number of thiophene rings is 1. The third-order valence-electron chi connectivity index (χ3n) is 12.1. The molecule has 3 aromatic carbocycles. The number of fused-ring (bicyclic) bond motifs is 2. The van der Waals surface area contributed by atoms with Crippen molar-refractivity contribution in [3.8, 4) is 21.7 Å². The Morgan fingerprint density at radius 2 is 1.43 bits per heavy atom. The number of carbonyl (C=O) groups excluding carboxylic acids is 1. The molecule has 0 saturated heterocycles. The van der Waals surface area contributed by atoms with Gasteiger partial charge in [-0.25, -0.2) is 0 Å². The molecule has 333 valence electrons. The van der Waals surface area contributed by atoms with E-state index >= 15 is 0 Å². The van der Waals surface area contributed by atoms with Crippen molar-refractivity contribution in [1.29, 1.82) is 0 Å². The zero-order valence-corrected chi connectivity index (χ0v) is 40.6. The Labute approximate surface area is 374 Å². The fourth-order valence-corrected chi connectivity index (χ4v) is 9.37. The monoisotopic (exact) mass is 1040 g/mol. The number of aliphatic hydroxyl groups is 1. The second-order valence-corrected chi connectivity index (χ2v) is 20.9. The van der Waals surface area contributed by atoms with Crippen molar-refractivity contribution in [2.75, 3.05) is 0 Å². The molecular weight excluding hydrogens is 985 g/mol. The number of benzene rings is 3. The van der Waals surface area contributed by atoms with Crippen molar-refractivity contribution in [2.24, 2.45) is 16.2 Å². The fraction of sp³-hybridized carbons (Fsp3) is 0.480. The van der Waals surface area contributed by atoms with Gasteiger partial charge in [-0.3, -0.25) is 9.78 Å². The Balaban J connectivity index is 0.000000412. The number of hydrogen-bond donors (Lipinski definition) is 1. The van der Waals surface area contributed by atoms with Crippen molar-refractivity contribution in [1.82, 2.24) is 4.98 Å². The Hall–Kier alpha value is -3.53. The zero-order valence-electron chi connectivity index (χ0n) is 37.4. The predicted octanol–water partition coefficient (Wildman–Crippen LogP) is 16.1. The van der Waals surface area contributed by atoms with Gasteiger partial charge in [-0.05, 0) is 105 Å². The number of aliphatic hydroxyl groups excluding tert-OH is 1. The summed E-state index contributed by atoms with van der Waals surface area (Å²) in [6, 6.07) is 18.2. The van der Waals surface area contributed by atoms with Crippen LogP contribution in [0.5, 0.6) is 0 Å². The quantitative estimate of drug-likeness (QED) is 0.0826. The molecule has 2 heterocycles. The summed E-state index contributed by atoms with van der Waals surface area (Å²) in [5.74, 6) is -0.965. The van der Waals surface area contributed by atoms with Crippen molar-refractivity contribution >= 4 is 38.0 Å². The third-order valence-corrected chi connectivity index (χ3v) is 13.4. The molecule has 0 atom stereocenters. The number of pyridine rings is 1. The molecule has 3 nitrogen and oxygen atoms in total. The van der Waals surface area contributed by atoms with Gasteiger partial charge in [-0.1, -0.05) is 96.7 Å². The van der Waals surface area contributed by atoms with Crippen LogP contribution in [0.25, 0.3) is 42.6 Å². The Bertz CT molecular complexity index is 2430. The van der Waals surface area contributed by atoms with E-state index in [2.05, 4.69) is 83.8 Å². The first-order chi connectivity index (χ1) is 27.3. The van der Waals surface area contributed by atoms with Crippen LogP contribution < -0.4 is 0 Å². The zero-order chi connectivity index (χ0) is 45.1. The summed E-state index contributed by atoms with van der Waals surface area (Å²) in [5, 5.41) is 11.7. The molecule has 1 radical (unpaired) electrons. The van der Waals surface area contributed by atoms with Gasteiger partial charge < -0.3 is 5.11 Å². The fourth-order valence-electron chi connectivity index (χ4n) is 7.86. The number of rotatable bonds is 5. The molecule has 2 aromatic heterocycles. The van der Waals surface area contributed by atoms with Crippen molar-refractivity contribution in [2.45, 2.75) is 139 Å². The predicted molar refractivity (Wildman–Crippen MR) is 235 cm³/mol. The molecule has 0 bridgehead atoms. The summed E-state index contributed by atoms with van der Waals surface area (Å²) < 4.78 is 81.6. The van der Waals surface area contributed by atoms with Crippen LogP contribution in [0.3, 0.4) is 0 Å². The molecule has 1 aliphatic rings. The van der Waals surface area contributed by atoms with Crippen LogP contribution in [-0.2, 0) is 36.5 Å². The van der Waals surface area contributed by atoms with Crippen LogP contribution in [0.2, 0.25) is 0 Å². The smallest absolute Gasteiger partial charge is 0.418 e. The van der Waals surface area contributed by atoms with Gasteiger partial charge in [-0.15, -0.1) is 40.5 Å². The summed E-state index contributed by atoms with van der Waals surface area (Å²) in [4.78, 5) is 16.8. The molecule has 61 heavy (non-hydrogen) atoms. The Morgan fingerprint density at radius 1 is 0.869 bits per heavy atom. The standard InChI is InChI=1S/C39H41F3NS.C11H17F3O2.Ir/c1-22-17-27(25-13-15-38(7,8)16-14-25)18-23(2)32(22)35-24(3)33-31(39(40,41)42)21-43-34(36(33)44-35)28-19-26-11-9-10-12-29(26)30(20-28)37(4,5)6;1-9(2,3)7(15)6-8(16)10(4,5)11(12,13)14;/h9-12,17-18,20-21,25H,13-16H2,1-8H3;6,15H,1-5H3;/q-1;;/b;7-6-;. The number of aryl methyl sites for hydroxylation is 3. The van der Waals surface area contributed by atoms with Gasteiger partial charge in [0.15, 0.2) is 5.78 Å². The topological polar surface area (TPSA) is 50.2 Å². The molecule has 0 spiro atoms. The second-order valence-electron chi connectivity index (χ2n) is 19.9. The minimum absolute atomic E-state index is 0. The average molecular weight is 1040 g/mol. The molecule has 1 aliphatic carbocycles. The van der Waals surface area contributed by atoms with Crippen LogP contribution in [0, 0.1) is 43.1 Å². The summed E-state index contributed by atoms with van der Waals surface area (Å²) in [5.41, 5.74) is 4.04. The third kappa shape index (κ3) is 10.6. The number of aromatic nitrogens is 1. The van der Waals surface area contributed by atoms with Gasteiger partial charge in [0.2, 0.25) is 0 Å². The summed E-state index contributed by atoms with van der Waals surface area (Å²) in [6.07, 6.45) is -2.68. The van der Waals surface area contributed by atoms with Gasteiger partial charge in [-0.2, -0.15) is 26.3 Å². The number of alkyl halides is 6. The van der Waals surface area contributed by atoms with Crippen molar-refractivity contribution < 1.29 is 56.3 Å². The molecule has 11 heteroatoms. The largest absolute Gasteiger partial charge is 0.512 e. The minimum Gasteiger partial charge on any atom is -0.512 e. The van der Waals surface area contributed by atoms with Crippen LogP contribution >= 0.6 is 11.3 Å². The summed E-state index contributed by atoms with van der Waals surface area (Å²) in [7, 11) is 0. The van der Waals surface area contributed by atoms with Gasteiger partial charge in [0.05, 0.1) is 5.56 Å². The van der Waals surface area contributed by atoms with Crippen LogP contribution in [0.4, 0.5) is 26.3 Å². The van der Waals surface area contributed by atoms with E-state index in [-0.39, 0.29) is 36.7 Å².